The Morgan fingerprint density at radius 1 is 1.04 bits per heavy atom. The molecule has 0 aromatic heterocycles. The van der Waals surface area contributed by atoms with E-state index in [2.05, 4.69) is 5.32 Å². The summed E-state index contributed by atoms with van der Waals surface area (Å²) in [5.74, 6) is -1.36. The maximum Gasteiger partial charge on any atom is 0.313 e. The third-order valence-electron chi connectivity index (χ3n) is 3.79. The summed E-state index contributed by atoms with van der Waals surface area (Å²) in [5, 5.41) is 2.62. The van der Waals surface area contributed by atoms with Crippen LogP contribution in [-0.4, -0.2) is 24.3 Å². The number of nitrogens with one attached hydrogen (secondary N) is 1. The molecule has 0 spiro atoms. The predicted molar refractivity (Wildman–Crippen MR) is 95.5 cm³/mol. The fourth-order valence-corrected chi connectivity index (χ4v) is 2.47. The molecule has 2 aromatic carbocycles. The second-order valence-electron chi connectivity index (χ2n) is 5.66. The van der Waals surface area contributed by atoms with Gasteiger partial charge in [0.15, 0.2) is 12.4 Å². The molecular formula is C20H21NO4. The van der Waals surface area contributed by atoms with Crippen LogP contribution in [0.15, 0.2) is 54.6 Å². The molecule has 0 unspecified atom stereocenters. The van der Waals surface area contributed by atoms with E-state index in [1.807, 2.05) is 37.3 Å². The first kappa shape index (κ1) is 18.4. The molecule has 5 heteroatoms. The van der Waals surface area contributed by atoms with E-state index in [4.69, 9.17) is 4.74 Å². The fourth-order valence-electron chi connectivity index (χ4n) is 2.47. The van der Waals surface area contributed by atoms with Crippen LogP contribution in [-0.2, 0) is 14.3 Å². The molecule has 0 saturated heterocycles. The van der Waals surface area contributed by atoms with Crippen LogP contribution < -0.4 is 5.32 Å². The number of esters is 1. The zero-order valence-electron chi connectivity index (χ0n) is 14.3. The number of Topliss-reactive ketones (excluding diaryl/α,β-unsaturated/α-hetero) is 1. The third kappa shape index (κ3) is 5.28. The Kier molecular flexibility index (Phi) is 6.46. The van der Waals surface area contributed by atoms with Gasteiger partial charge in [-0.3, -0.25) is 14.4 Å². The van der Waals surface area contributed by atoms with Crippen molar-refractivity contribution in [1.82, 2.24) is 0 Å². The molecular weight excluding hydrogens is 318 g/mol. The Morgan fingerprint density at radius 3 is 2.40 bits per heavy atom. The smallest absolute Gasteiger partial charge is 0.313 e. The number of benzene rings is 2. The van der Waals surface area contributed by atoms with Crippen molar-refractivity contribution in [2.24, 2.45) is 0 Å². The van der Waals surface area contributed by atoms with Crippen molar-refractivity contribution in [3.8, 4) is 0 Å². The van der Waals surface area contributed by atoms with E-state index < -0.39 is 17.8 Å². The molecule has 0 bridgehead atoms. The van der Waals surface area contributed by atoms with Crippen molar-refractivity contribution in [2.75, 3.05) is 11.9 Å². The molecule has 2 rings (SSSR count). The molecule has 0 aliphatic heterocycles. The van der Waals surface area contributed by atoms with Crippen molar-refractivity contribution >= 4 is 23.3 Å². The van der Waals surface area contributed by atoms with Crippen LogP contribution >= 0.6 is 0 Å². The van der Waals surface area contributed by atoms with Gasteiger partial charge < -0.3 is 10.1 Å². The average molecular weight is 339 g/mol. The van der Waals surface area contributed by atoms with Crippen LogP contribution in [0.4, 0.5) is 5.69 Å². The maximum atomic E-state index is 12.2. The third-order valence-corrected chi connectivity index (χ3v) is 3.79. The normalized spacial score (nSPS) is 11.4. The van der Waals surface area contributed by atoms with Gasteiger partial charge in [0.2, 0.25) is 0 Å². The number of rotatable bonds is 7. The highest BCUT2D eigenvalue weighted by atomic mass is 16.5. The van der Waals surface area contributed by atoms with E-state index in [0.29, 0.717) is 17.7 Å². The zero-order valence-corrected chi connectivity index (χ0v) is 14.3. The Labute approximate surface area is 147 Å². The lowest BCUT2D eigenvalue weighted by atomic mass is 9.97. The molecule has 2 aromatic rings. The van der Waals surface area contributed by atoms with Crippen LogP contribution in [0.25, 0.3) is 0 Å². The molecule has 1 amide bonds. The summed E-state index contributed by atoms with van der Waals surface area (Å²) in [6.07, 6.45) is 0.588. The number of amides is 1. The van der Waals surface area contributed by atoms with Gasteiger partial charge in [0, 0.05) is 11.3 Å². The molecule has 0 radical (unpaired) electrons. The highest BCUT2D eigenvalue weighted by Gasteiger charge is 2.21. The Morgan fingerprint density at radius 2 is 1.76 bits per heavy atom. The number of ketones is 1. The van der Waals surface area contributed by atoms with E-state index >= 15 is 0 Å². The second-order valence-corrected chi connectivity index (χ2v) is 5.66. The minimum Gasteiger partial charge on any atom is -0.455 e. The Balaban J connectivity index is 1.92. The van der Waals surface area contributed by atoms with E-state index in [1.165, 1.54) is 6.92 Å². The van der Waals surface area contributed by atoms with Gasteiger partial charge in [0.05, 0.1) is 5.92 Å². The minimum absolute atomic E-state index is 0.0869. The average Bonchev–Trinajstić information content (AvgIpc) is 2.62. The maximum absolute atomic E-state index is 12.2. The number of anilines is 1. The quantitative estimate of drug-likeness (QED) is 0.618. The number of carbonyl (C=O) groups is 3. The minimum atomic E-state index is -0.447. The van der Waals surface area contributed by atoms with Gasteiger partial charge in [0.25, 0.3) is 5.91 Å². The summed E-state index contributed by atoms with van der Waals surface area (Å²) >= 11 is 0. The standard InChI is InChI=1S/C20H21NO4/c1-3-18(15-8-5-4-6-9-15)20(24)25-13-19(23)21-17-11-7-10-16(12-17)14(2)22/h4-12,18H,3,13H2,1-2H3,(H,21,23)/t18-/m1/s1. The van der Waals surface area contributed by atoms with Crippen molar-refractivity contribution < 1.29 is 19.1 Å². The van der Waals surface area contributed by atoms with Gasteiger partial charge in [-0.25, -0.2) is 0 Å². The molecule has 5 nitrogen and oxygen atoms in total. The molecule has 0 aliphatic rings. The molecule has 25 heavy (non-hydrogen) atoms. The summed E-state index contributed by atoms with van der Waals surface area (Å²) in [5.41, 5.74) is 1.86. The van der Waals surface area contributed by atoms with Gasteiger partial charge in [-0.15, -0.1) is 0 Å². The van der Waals surface area contributed by atoms with Crippen LogP contribution in [0, 0.1) is 0 Å². The summed E-state index contributed by atoms with van der Waals surface area (Å²) in [4.78, 5) is 35.6. The molecule has 0 fully saturated rings. The predicted octanol–water partition coefficient (Wildman–Crippen LogP) is 3.56. The van der Waals surface area contributed by atoms with E-state index in [0.717, 1.165) is 5.56 Å². The molecule has 130 valence electrons. The highest BCUT2D eigenvalue weighted by molar-refractivity contribution is 5.97. The van der Waals surface area contributed by atoms with E-state index in [9.17, 15) is 14.4 Å². The van der Waals surface area contributed by atoms with Gasteiger partial charge in [-0.1, -0.05) is 49.4 Å². The molecule has 0 aliphatic carbocycles. The molecule has 0 heterocycles. The van der Waals surface area contributed by atoms with E-state index in [-0.39, 0.29) is 12.4 Å². The topological polar surface area (TPSA) is 72.5 Å². The lowest BCUT2D eigenvalue weighted by Gasteiger charge is -2.14. The first-order chi connectivity index (χ1) is 12.0. The highest BCUT2D eigenvalue weighted by Crippen LogP contribution is 2.20. The monoisotopic (exact) mass is 339 g/mol. The Hall–Kier alpha value is -2.95. The summed E-state index contributed by atoms with van der Waals surface area (Å²) in [6, 6.07) is 15.9. The number of ether oxygens (including phenoxy) is 1. The molecule has 1 atom stereocenters. The largest absolute Gasteiger partial charge is 0.455 e. The van der Waals surface area contributed by atoms with Crippen molar-refractivity contribution in [2.45, 2.75) is 26.2 Å². The van der Waals surface area contributed by atoms with Gasteiger partial charge >= 0.3 is 5.97 Å². The molecule has 0 saturated carbocycles. The van der Waals surface area contributed by atoms with Crippen LogP contribution in [0.1, 0.15) is 42.1 Å². The summed E-state index contributed by atoms with van der Waals surface area (Å²) < 4.78 is 5.14. The first-order valence-electron chi connectivity index (χ1n) is 8.13. The summed E-state index contributed by atoms with van der Waals surface area (Å²) in [6.45, 7) is 2.98. The second kappa shape index (κ2) is 8.78. The fraction of sp³-hybridized carbons (Fsp3) is 0.250. The Bertz CT molecular complexity index is 755. The lowest BCUT2D eigenvalue weighted by Crippen LogP contribution is -2.24. The van der Waals surface area contributed by atoms with Gasteiger partial charge in [-0.05, 0) is 31.0 Å². The van der Waals surface area contributed by atoms with Crippen LogP contribution in [0.3, 0.4) is 0 Å². The zero-order chi connectivity index (χ0) is 18.2. The molecule has 1 N–H and O–H groups in total. The summed E-state index contributed by atoms with van der Waals surface area (Å²) in [7, 11) is 0. The van der Waals surface area contributed by atoms with Crippen molar-refractivity contribution in [3.63, 3.8) is 0 Å². The first-order valence-corrected chi connectivity index (χ1v) is 8.13. The SMILES string of the molecule is CC[C@@H](C(=O)OCC(=O)Nc1cccc(C(C)=O)c1)c1ccccc1. The number of hydrogen-bond donors (Lipinski definition) is 1. The number of carbonyl (C=O) groups excluding carboxylic acids is 3. The lowest BCUT2D eigenvalue weighted by molar-refractivity contribution is -0.149. The van der Waals surface area contributed by atoms with Crippen LogP contribution in [0.5, 0.6) is 0 Å². The van der Waals surface area contributed by atoms with Crippen LogP contribution in [0.2, 0.25) is 0 Å². The van der Waals surface area contributed by atoms with Gasteiger partial charge in [-0.2, -0.15) is 0 Å². The van der Waals surface area contributed by atoms with Crippen molar-refractivity contribution in [1.29, 1.82) is 0 Å². The van der Waals surface area contributed by atoms with E-state index in [1.54, 1.807) is 24.3 Å². The van der Waals surface area contributed by atoms with Crippen molar-refractivity contribution in [3.05, 3.63) is 65.7 Å². The van der Waals surface area contributed by atoms with Gasteiger partial charge in [0.1, 0.15) is 0 Å². The number of hydrogen-bond acceptors (Lipinski definition) is 4.